The number of hydrogen-bond donors (Lipinski definition) is 4. The van der Waals surface area contributed by atoms with Crippen molar-refractivity contribution in [3.63, 3.8) is 0 Å². The number of carbonyl (C=O) groups excluding carboxylic acids is 3. The van der Waals surface area contributed by atoms with Crippen LogP contribution in [-0.4, -0.2) is 51.8 Å². The van der Waals surface area contributed by atoms with Crippen LogP contribution in [0.5, 0.6) is 0 Å². The van der Waals surface area contributed by atoms with Crippen LogP contribution in [0.25, 0.3) is 0 Å². The third-order valence-corrected chi connectivity index (χ3v) is 2.53. The summed E-state index contributed by atoms with van der Waals surface area (Å²) in [4.78, 5) is 34.5. The molecule has 0 aromatic heterocycles. The number of nitrogens with one attached hydrogen (secondary N) is 1. The summed E-state index contributed by atoms with van der Waals surface area (Å²) in [6.07, 6.45) is -4.88. The molecule has 8 heteroatoms. The van der Waals surface area contributed by atoms with Gasteiger partial charge in [0.25, 0.3) is 0 Å². The van der Waals surface area contributed by atoms with Crippen LogP contribution >= 0.6 is 0 Å². The molecular formula is C13H24N2O6. The second-order valence-electron chi connectivity index (χ2n) is 6.06. The predicted octanol–water partition coefficient (Wildman–Crippen LogP) is -0.688. The molecule has 0 bridgehead atoms. The molecule has 0 saturated heterocycles. The van der Waals surface area contributed by atoms with Crippen molar-refractivity contribution >= 4 is 17.8 Å². The number of hydrogen-bond acceptors (Lipinski definition) is 6. The van der Waals surface area contributed by atoms with Gasteiger partial charge in [-0.3, -0.25) is 9.59 Å². The normalized spacial score (nSPS) is 16.0. The van der Waals surface area contributed by atoms with Gasteiger partial charge < -0.3 is 26.0 Å². The zero-order valence-electron chi connectivity index (χ0n) is 12.9. The molecule has 8 nitrogen and oxygen atoms in total. The van der Waals surface area contributed by atoms with Gasteiger partial charge in [-0.25, -0.2) is 4.79 Å². The van der Waals surface area contributed by atoms with Crippen LogP contribution in [-0.2, 0) is 14.3 Å². The number of rotatable bonds is 6. The fraction of sp³-hybridized carbons (Fsp3) is 0.769. The first-order chi connectivity index (χ1) is 9.36. The Balaban J connectivity index is 4.95. The molecule has 0 heterocycles. The van der Waals surface area contributed by atoms with E-state index in [1.165, 1.54) is 0 Å². The van der Waals surface area contributed by atoms with Crippen molar-refractivity contribution in [3.8, 4) is 0 Å². The monoisotopic (exact) mass is 304 g/mol. The van der Waals surface area contributed by atoms with Gasteiger partial charge >= 0.3 is 6.09 Å². The summed E-state index contributed by atoms with van der Waals surface area (Å²) in [5.41, 5.74) is 4.07. The number of aliphatic hydroxyl groups excluding tert-OH is 2. The fourth-order valence-corrected chi connectivity index (χ4v) is 1.50. The third kappa shape index (κ3) is 6.54. The van der Waals surface area contributed by atoms with Crippen LogP contribution in [0.3, 0.4) is 0 Å². The van der Waals surface area contributed by atoms with Crippen molar-refractivity contribution in [2.75, 3.05) is 0 Å². The van der Waals surface area contributed by atoms with Crippen LogP contribution < -0.4 is 11.1 Å². The van der Waals surface area contributed by atoms with Crippen molar-refractivity contribution in [1.82, 2.24) is 5.32 Å². The summed E-state index contributed by atoms with van der Waals surface area (Å²) in [6, 6.07) is -1.12. The van der Waals surface area contributed by atoms with E-state index in [1.807, 2.05) is 0 Å². The Hall–Kier alpha value is -1.67. The van der Waals surface area contributed by atoms with E-state index in [4.69, 9.17) is 10.5 Å². The maximum atomic E-state index is 12.0. The lowest BCUT2D eigenvalue weighted by Gasteiger charge is -2.27. The largest absolute Gasteiger partial charge is 0.444 e. The lowest BCUT2D eigenvalue weighted by atomic mass is 9.94. The van der Waals surface area contributed by atoms with Gasteiger partial charge in [-0.05, 0) is 26.7 Å². The Morgan fingerprint density at radius 2 is 1.57 bits per heavy atom. The second kappa shape index (κ2) is 7.37. The Morgan fingerprint density at radius 3 is 1.90 bits per heavy atom. The van der Waals surface area contributed by atoms with Gasteiger partial charge in [0, 0.05) is 0 Å². The van der Waals surface area contributed by atoms with Crippen molar-refractivity contribution in [2.45, 2.75) is 58.5 Å². The first-order valence-corrected chi connectivity index (χ1v) is 6.55. The standard InChI is InChI=1S/C13H24N2O6/c1-6(2)7(15-12(20)21-13(3,4)5)8(16)9(17)10(18)11(14)19/h6-7,9-10,17-18H,1-5H3,(H2,14,19)(H,15,20)/t7-,9?,10?/m0/s1. The molecule has 0 aromatic carbocycles. The minimum Gasteiger partial charge on any atom is -0.444 e. The average Bonchev–Trinajstić information content (AvgIpc) is 2.30. The van der Waals surface area contributed by atoms with E-state index in [0.29, 0.717) is 0 Å². The Morgan fingerprint density at radius 1 is 1.10 bits per heavy atom. The van der Waals surface area contributed by atoms with E-state index in [-0.39, 0.29) is 5.92 Å². The molecule has 0 fully saturated rings. The number of ether oxygens (including phenoxy) is 1. The van der Waals surface area contributed by atoms with E-state index in [9.17, 15) is 24.6 Å². The molecule has 0 saturated carbocycles. The molecule has 0 aliphatic rings. The lowest BCUT2D eigenvalue weighted by Crippen LogP contribution is -2.54. The van der Waals surface area contributed by atoms with Gasteiger partial charge in [0.05, 0.1) is 6.04 Å². The predicted molar refractivity (Wildman–Crippen MR) is 74.2 cm³/mol. The minimum absolute atomic E-state index is 0.389. The molecule has 2 amide bonds. The molecule has 0 rings (SSSR count). The van der Waals surface area contributed by atoms with Crippen LogP contribution in [0.2, 0.25) is 0 Å². The highest BCUT2D eigenvalue weighted by Gasteiger charge is 2.36. The molecule has 5 N–H and O–H groups in total. The smallest absolute Gasteiger partial charge is 0.408 e. The highest BCUT2D eigenvalue weighted by atomic mass is 16.6. The molecule has 0 spiro atoms. The highest BCUT2D eigenvalue weighted by molar-refractivity contribution is 5.95. The summed E-state index contributed by atoms with van der Waals surface area (Å²) in [6.45, 7) is 8.23. The highest BCUT2D eigenvalue weighted by Crippen LogP contribution is 2.11. The Kier molecular flexibility index (Phi) is 6.78. The maximum Gasteiger partial charge on any atom is 0.408 e. The molecular weight excluding hydrogens is 280 g/mol. The molecule has 0 aliphatic heterocycles. The SMILES string of the molecule is CC(C)[C@H](NC(=O)OC(C)(C)C)C(=O)C(O)C(O)C(N)=O. The summed E-state index contributed by atoms with van der Waals surface area (Å²) in [7, 11) is 0. The lowest BCUT2D eigenvalue weighted by molar-refractivity contribution is -0.144. The number of ketones is 1. The quantitative estimate of drug-likeness (QED) is 0.512. The van der Waals surface area contributed by atoms with Gasteiger partial charge in [-0.15, -0.1) is 0 Å². The summed E-state index contributed by atoms with van der Waals surface area (Å²) < 4.78 is 5.02. The van der Waals surface area contributed by atoms with Gasteiger partial charge in [-0.1, -0.05) is 13.8 Å². The van der Waals surface area contributed by atoms with E-state index in [1.54, 1.807) is 34.6 Å². The van der Waals surface area contributed by atoms with E-state index in [0.717, 1.165) is 0 Å². The zero-order chi connectivity index (χ0) is 17.0. The summed E-state index contributed by atoms with van der Waals surface area (Å²) >= 11 is 0. The molecule has 122 valence electrons. The van der Waals surface area contributed by atoms with Crippen LogP contribution in [0, 0.1) is 5.92 Å². The number of Topliss-reactive ketones (excluding diaryl/α,β-unsaturated/α-hetero) is 1. The zero-order valence-corrected chi connectivity index (χ0v) is 12.9. The van der Waals surface area contributed by atoms with Gasteiger partial charge in [0.1, 0.15) is 11.7 Å². The first kappa shape index (κ1) is 19.3. The van der Waals surface area contributed by atoms with Gasteiger partial charge in [0.15, 0.2) is 11.9 Å². The first-order valence-electron chi connectivity index (χ1n) is 6.55. The van der Waals surface area contributed by atoms with Crippen molar-refractivity contribution < 1.29 is 29.3 Å². The van der Waals surface area contributed by atoms with Gasteiger partial charge in [-0.2, -0.15) is 0 Å². The second-order valence-corrected chi connectivity index (χ2v) is 6.06. The Bertz CT molecular complexity index is 402. The van der Waals surface area contributed by atoms with Crippen molar-refractivity contribution in [3.05, 3.63) is 0 Å². The van der Waals surface area contributed by atoms with Crippen LogP contribution in [0.4, 0.5) is 4.79 Å². The molecule has 0 aromatic rings. The third-order valence-electron chi connectivity index (χ3n) is 2.53. The van der Waals surface area contributed by atoms with E-state index < -0.39 is 41.6 Å². The number of aliphatic hydroxyl groups is 2. The number of nitrogens with two attached hydrogens (primary N) is 1. The van der Waals surface area contributed by atoms with E-state index in [2.05, 4.69) is 5.32 Å². The molecule has 21 heavy (non-hydrogen) atoms. The number of amides is 2. The number of carbonyl (C=O) groups is 3. The van der Waals surface area contributed by atoms with Crippen molar-refractivity contribution in [2.24, 2.45) is 11.7 Å². The molecule has 0 aliphatic carbocycles. The topological polar surface area (TPSA) is 139 Å². The van der Waals surface area contributed by atoms with Crippen LogP contribution in [0.15, 0.2) is 0 Å². The number of primary amides is 1. The molecule has 3 atom stereocenters. The van der Waals surface area contributed by atoms with Gasteiger partial charge in [0.2, 0.25) is 5.91 Å². The average molecular weight is 304 g/mol. The van der Waals surface area contributed by atoms with Crippen LogP contribution in [0.1, 0.15) is 34.6 Å². The van der Waals surface area contributed by atoms with E-state index >= 15 is 0 Å². The molecule has 0 radical (unpaired) electrons. The molecule has 2 unspecified atom stereocenters. The maximum absolute atomic E-state index is 12.0. The Labute approximate surface area is 123 Å². The summed E-state index contributed by atoms with van der Waals surface area (Å²) in [5.74, 6) is -2.53. The summed E-state index contributed by atoms with van der Waals surface area (Å²) in [5, 5.41) is 21.3. The number of alkyl carbamates (subject to hydrolysis) is 1. The van der Waals surface area contributed by atoms with Crippen molar-refractivity contribution in [1.29, 1.82) is 0 Å². The minimum atomic E-state index is -2.03. The fourth-order valence-electron chi connectivity index (χ4n) is 1.50.